The lowest BCUT2D eigenvalue weighted by atomic mass is 10.1. The molecule has 1 heterocycles. The first-order valence-corrected chi connectivity index (χ1v) is 9.18. The van der Waals surface area contributed by atoms with Crippen LogP contribution in [-0.2, 0) is 6.42 Å². The molecule has 0 aliphatic rings. The van der Waals surface area contributed by atoms with Crippen molar-refractivity contribution in [2.75, 3.05) is 25.6 Å². The molecule has 0 atom stereocenters. The maximum Gasteiger partial charge on any atom is 0.318 e. The largest absolute Gasteiger partial charge is 0.479 e. The van der Waals surface area contributed by atoms with Gasteiger partial charge in [0.15, 0.2) is 6.61 Å². The zero-order chi connectivity index (χ0) is 20.6. The number of halogens is 2. The van der Waals surface area contributed by atoms with Crippen molar-refractivity contribution >= 4 is 17.4 Å². The summed E-state index contributed by atoms with van der Waals surface area (Å²) < 4.78 is 24.5. The molecule has 0 saturated carbocycles. The van der Waals surface area contributed by atoms with Crippen molar-refractivity contribution in [3.8, 4) is 29.1 Å². The monoisotopic (exact) mass is 412 g/mol. The summed E-state index contributed by atoms with van der Waals surface area (Å²) in [5, 5.41) is 12.2. The van der Waals surface area contributed by atoms with Crippen molar-refractivity contribution in [1.29, 1.82) is 5.26 Å². The minimum absolute atomic E-state index is 0.0397. The second-order valence-electron chi connectivity index (χ2n) is 5.98. The molecule has 1 aromatic heterocycles. The highest BCUT2D eigenvalue weighted by atomic mass is 35.5. The second kappa shape index (κ2) is 9.71. The van der Waals surface area contributed by atoms with Crippen molar-refractivity contribution in [1.82, 2.24) is 9.97 Å². The first-order valence-electron chi connectivity index (χ1n) is 8.80. The van der Waals surface area contributed by atoms with Gasteiger partial charge < -0.3 is 14.8 Å². The molecule has 0 bridgehead atoms. The molecule has 0 spiro atoms. The van der Waals surface area contributed by atoms with Crippen LogP contribution >= 0.6 is 11.6 Å². The number of aromatic nitrogens is 2. The molecule has 29 heavy (non-hydrogen) atoms. The van der Waals surface area contributed by atoms with Gasteiger partial charge in [-0.15, -0.1) is 0 Å². The standard InChI is InChI=1S/C21H18ClFN4O2/c1-28-21-26-19(14-4-2-5-15(12-14)29-11-9-24)13-20(27-21)25-10-8-16-17(22)6-3-7-18(16)23/h2-7,12-13H,8,10-11H2,1H3,(H,25,26,27). The second-order valence-corrected chi connectivity index (χ2v) is 6.38. The Bertz CT molecular complexity index is 1020. The van der Waals surface area contributed by atoms with E-state index >= 15 is 0 Å². The number of anilines is 1. The van der Waals surface area contributed by atoms with E-state index in [1.54, 1.807) is 30.3 Å². The minimum atomic E-state index is -0.338. The van der Waals surface area contributed by atoms with Crippen LogP contribution in [0.2, 0.25) is 5.02 Å². The number of nitrogens with zero attached hydrogens (tertiary/aromatic N) is 3. The lowest BCUT2D eigenvalue weighted by Gasteiger charge is -2.11. The summed E-state index contributed by atoms with van der Waals surface area (Å²) in [7, 11) is 1.48. The Hall–Kier alpha value is -3.37. The summed E-state index contributed by atoms with van der Waals surface area (Å²) in [5.41, 5.74) is 1.84. The molecule has 0 fully saturated rings. The molecule has 8 heteroatoms. The van der Waals surface area contributed by atoms with Gasteiger partial charge in [0.05, 0.1) is 12.8 Å². The topological polar surface area (TPSA) is 80.1 Å². The number of methoxy groups -OCH3 is 1. The quantitative estimate of drug-likeness (QED) is 0.586. The Morgan fingerprint density at radius 1 is 1.17 bits per heavy atom. The number of nitriles is 1. The summed E-state index contributed by atoms with van der Waals surface area (Å²) in [6.07, 6.45) is 0.393. The van der Waals surface area contributed by atoms with E-state index in [0.717, 1.165) is 5.56 Å². The third kappa shape index (κ3) is 5.33. The fourth-order valence-electron chi connectivity index (χ4n) is 2.70. The summed E-state index contributed by atoms with van der Waals surface area (Å²) in [6.45, 7) is 0.382. The zero-order valence-corrected chi connectivity index (χ0v) is 16.4. The van der Waals surface area contributed by atoms with E-state index < -0.39 is 0 Å². The van der Waals surface area contributed by atoms with E-state index in [1.165, 1.54) is 13.2 Å². The summed E-state index contributed by atoms with van der Waals surface area (Å²) in [4.78, 5) is 8.64. The Kier molecular flexibility index (Phi) is 6.82. The van der Waals surface area contributed by atoms with Gasteiger partial charge >= 0.3 is 6.01 Å². The van der Waals surface area contributed by atoms with Gasteiger partial charge in [-0.1, -0.05) is 29.8 Å². The lowest BCUT2D eigenvalue weighted by Crippen LogP contribution is -2.09. The fraction of sp³-hybridized carbons (Fsp3) is 0.190. The molecule has 148 valence electrons. The zero-order valence-electron chi connectivity index (χ0n) is 15.7. The van der Waals surface area contributed by atoms with Crippen LogP contribution < -0.4 is 14.8 Å². The Morgan fingerprint density at radius 2 is 2.00 bits per heavy atom. The van der Waals surface area contributed by atoms with Crippen molar-refractivity contribution in [2.24, 2.45) is 0 Å². The van der Waals surface area contributed by atoms with E-state index in [2.05, 4.69) is 15.3 Å². The average Bonchev–Trinajstić information content (AvgIpc) is 2.74. The molecule has 3 rings (SSSR count). The van der Waals surface area contributed by atoms with E-state index in [0.29, 0.717) is 40.8 Å². The molecule has 0 radical (unpaired) electrons. The predicted octanol–water partition coefficient (Wildman–Crippen LogP) is 4.50. The number of hydrogen-bond acceptors (Lipinski definition) is 6. The van der Waals surface area contributed by atoms with Gasteiger partial charge in [0.1, 0.15) is 23.5 Å². The van der Waals surface area contributed by atoms with Gasteiger partial charge in [0, 0.05) is 28.8 Å². The fourth-order valence-corrected chi connectivity index (χ4v) is 2.96. The highest BCUT2D eigenvalue weighted by molar-refractivity contribution is 6.31. The minimum Gasteiger partial charge on any atom is -0.479 e. The summed E-state index contributed by atoms with van der Waals surface area (Å²) in [6, 6.07) is 15.7. The molecule has 0 saturated heterocycles. The Labute approximate surface area is 172 Å². The molecule has 0 aliphatic heterocycles. The molecule has 3 aromatic rings. The van der Waals surface area contributed by atoms with Crippen molar-refractivity contribution in [3.63, 3.8) is 0 Å². The van der Waals surface area contributed by atoms with Crippen molar-refractivity contribution < 1.29 is 13.9 Å². The number of rotatable bonds is 8. The van der Waals surface area contributed by atoms with E-state index in [4.69, 9.17) is 26.3 Å². The normalized spacial score (nSPS) is 10.3. The lowest BCUT2D eigenvalue weighted by molar-refractivity contribution is 0.368. The van der Waals surface area contributed by atoms with Crippen LogP contribution in [0.4, 0.5) is 10.2 Å². The number of benzene rings is 2. The van der Waals surface area contributed by atoms with Crippen LogP contribution in [0.3, 0.4) is 0 Å². The molecule has 0 unspecified atom stereocenters. The smallest absolute Gasteiger partial charge is 0.318 e. The highest BCUT2D eigenvalue weighted by Crippen LogP contribution is 2.26. The van der Waals surface area contributed by atoms with E-state index in [1.807, 2.05) is 18.2 Å². The van der Waals surface area contributed by atoms with Crippen LogP contribution in [0.15, 0.2) is 48.5 Å². The molecular formula is C21H18ClFN4O2. The SMILES string of the molecule is COc1nc(NCCc2c(F)cccc2Cl)cc(-c2cccc(OCC#N)c2)n1. The number of hydrogen-bond donors (Lipinski definition) is 1. The molecule has 2 aromatic carbocycles. The van der Waals surface area contributed by atoms with E-state index in [9.17, 15) is 4.39 Å². The van der Waals surface area contributed by atoms with Gasteiger partial charge in [-0.05, 0) is 30.7 Å². The Morgan fingerprint density at radius 3 is 2.76 bits per heavy atom. The van der Waals surface area contributed by atoms with Crippen LogP contribution in [-0.4, -0.2) is 30.2 Å². The van der Waals surface area contributed by atoms with Gasteiger partial charge in [-0.3, -0.25) is 0 Å². The molecule has 0 aliphatic carbocycles. The van der Waals surface area contributed by atoms with Crippen LogP contribution in [0.5, 0.6) is 11.8 Å². The van der Waals surface area contributed by atoms with Crippen molar-refractivity contribution in [3.05, 3.63) is 64.9 Å². The highest BCUT2D eigenvalue weighted by Gasteiger charge is 2.10. The third-order valence-electron chi connectivity index (χ3n) is 4.06. The molecular weight excluding hydrogens is 395 g/mol. The third-order valence-corrected chi connectivity index (χ3v) is 4.42. The maximum atomic E-state index is 13.9. The summed E-state index contributed by atoms with van der Waals surface area (Å²) >= 11 is 6.07. The number of nitrogens with one attached hydrogen (secondary N) is 1. The van der Waals surface area contributed by atoms with Crippen LogP contribution in [0, 0.1) is 17.1 Å². The van der Waals surface area contributed by atoms with E-state index in [-0.39, 0.29) is 18.4 Å². The van der Waals surface area contributed by atoms with Gasteiger partial charge in [0.2, 0.25) is 0 Å². The first kappa shape index (κ1) is 20.4. The van der Waals surface area contributed by atoms with Gasteiger partial charge in [0.25, 0.3) is 0 Å². The molecule has 0 amide bonds. The first-order chi connectivity index (χ1) is 14.1. The molecule has 6 nitrogen and oxygen atoms in total. The van der Waals surface area contributed by atoms with Crippen molar-refractivity contribution in [2.45, 2.75) is 6.42 Å². The van der Waals surface area contributed by atoms with Gasteiger partial charge in [-0.25, -0.2) is 4.39 Å². The van der Waals surface area contributed by atoms with Crippen LogP contribution in [0.25, 0.3) is 11.3 Å². The van der Waals surface area contributed by atoms with Gasteiger partial charge in [-0.2, -0.15) is 15.2 Å². The molecule has 1 N–H and O–H groups in total. The summed E-state index contributed by atoms with van der Waals surface area (Å²) in [5.74, 6) is 0.752. The number of ether oxygens (including phenoxy) is 2. The Balaban J connectivity index is 1.78. The maximum absolute atomic E-state index is 13.9. The average molecular weight is 413 g/mol. The van der Waals surface area contributed by atoms with Crippen LogP contribution in [0.1, 0.15) is 5.56 Å². The predicted molar refractivity (Wildman–Crippen MR) is 109 cm³/mol.